The minimum absolute atomic E-state index is 0.00373. The van der Waals surface area contributed by atoms with Gasteiger partial charge in [0.25, 0.3) is 0 Å². The van der Waals surface area contributed by atoms with Crippen LogP contribution >= 0.6 is 0 Å². The predicted molar refractivity (Wildman–Crippen MR) is 69.5 cm³/mol. The van der Waals surface area contributed by atoms with Gasteiger partial charge < -0.3 is 15.2 Å². The Morgan fingerprint density at radius 1 is 1.50 bits per heavy atom. The zero-order chi connectivity index (χ0) is 13.0. The Hall–Kier alpha value is -0.910. The molecule has 2 N–H and O–H groups in total. The van der Waals surface area contributed by atoms with Gasteiger partial charge in [-0.15, -0.1) is 0 Å². The van der Waals surface area contributed by atoms with E-state index in [1.54, 1.807) is 0 Å². The van der Waals surface area contributed by atoms with Crippen LogP contribution in [-0.2, 0) is 28.9 Å². The fourth-order valence-electron chi connectivity index (χ4n) is 2.25. The largest absolute Gasteiger partial charge is 0.376 e. The van der Waals surface area contributed by atoms with Gasteiger partial charge in [0.05, 0.1) is 31.6 Å². The summed E-state index contributed by atoms with van der Waals surface area (Å²) in [6, 6.07) is 2.12. The smallest absolute Gasteiger partial charge is 0.0963 e. The van der Waals surface area contributed by atoms with Crippen molar-refractivity contribution in [3.05, 3.63) is 17.5 Å². The first-order chi connectivity index (χ1) is 8.74. The number of aromatic nitrogens is 2. The molecule has 1 aliphatic heterocycles. The Bertz CT molecular complexity index is 372. The predicted octanol–water partition coefficient (Wildman–Crippen LogP) is 0.751. The maximum atomic E-state index is 6.21. The maximum absolute atomic E-state index is 6.21. The van der Waals surface area contributed by atoms with Gasteiger partial charge in [0.2, 0.25) is 0 Å². The third-order valence-corrected chi connectivity index (χ3v) is 3.34. The second kappa shape index (κ2) is 6.31. The van der Waals surface area contributed by atoms with E-state index in [-0.39, 0.29) is 12.1 Å². The van der Waals surface area contributed by atoms with Gasteiger partial charge in [-0.3, -0.25) is 4.68 Å². The lowest BCUT2D eigenvalue weighted by Crippen LogP contribution is -2.45. The SMILES string of the molecule is CCc1cc(CC(N)C2COCCO2)n(CC)n1. The third kappa shape index (κ3) is 3.10. The van der Waals surface area contributed by atoms with Gasteiger partial charge in [0, 0.05) is 24.7 Å². The number of nitrogens with two attached hydrogens (primary N) is 1. The van der Waals surface area contributed by atoms with E-state index in [0.717, 1.165) is 25.1 Å². The Morgan fingerprint density at radius 3 is 2.94 bits per heavy atom. The second-order valence-electron chi connectivity index (χ2n) is 4.65. The number of nitrogens with zero attached hydrogens (tertiary/aromatic N) is 2. The molecule has 0 aliphatic carbocycles. The topological polar surface area (TPSA) is 62.3 Å². The summed E-state index contributed by atoms with van der Waals surface area (Å²) in [5, 5.41) is 4.53. The van der Waals surface area contributed by atoms with Crippen LogP contribution in [-0.4, -0.2) is 41.7 Å². The van der Waals surface area contributed by atoms with E-state index in [4.69, 9.17) is 15.2 Å². The van der Waals surface area contributed by atoms with Crippen LogP contribution in [0, 0.1) is 0 Å². The number of ether oxygens (including phenoxy) is 2. The lowest BCUT2D eigenvalue weighted by molar-refractivity contribution is -0.0969. The Morgan fingerprint density at radius 2 is 2.33 bits per heavy atom. The van der Waals surface area contributed by atoms with Crippen LogP contribution in [0.4, 0.5) is 0 Å². The molecule has 0 radical (unpaired) electrons. The standard InChI is InChI=1S/C13H23N3O2/c1-3-10-7-11(16(4-2)15-10)8-12(14)13-9-17-5-6-18-13/h7,12-13H,3-6,8-9,14H2,1-2H3. The van der Waals surface area contributed by atoms with E-state index < -0.39 is 0 Å². The Kier molecular flexibility index (Phi) is 4.74. The number of aryl methyl sites for hydroxylation is 2. The zero-order valence-electron chi connectivity index (χ0n) is 11.3. The molecule has 0 saturated carbocycles. The van der Waals surface area contributed by atoms with Gasteiger partial charge in [-0.1, -0.05) is 6.92 Å². The molecule has 1 aromatic rings. The molecular weight excluding hydrogens is 230 g/mol. The summed E-state index contributed by atoms with van der Waals surface area (Å²) in [4.78, 5) is 0. The number of hydrogen-bond acceptors (Lipinski definition) is 4. The van der Waals surface area contributed by atoms with Crippen LogP contribution in [0.15, 0.2) is 6.07 Å². The summed E-state index contributed by atoms with van der Waals surface area (Å²) in [6.07, 6.45) is 1.75. The van der Waals surface area contributed by atoms with Crippen molar-refractivity contribution < 1.29 is 9.47 Å². The van der Waals surface area contributed by atoms with Gasteiger partial charge in [-0.05, 0) is 19.4 Å². The van der Waals surface area contributed by atoms with Gasteiger partial charge >= 0.3 is 0 Å². The van der Waals surface area contributed by atoms with Gasteiger partial charge in [0.1, 0.15) is 0 Å². The highest BCUT2D eigenvalue weighted by atomic mass is 16.6. The zero-order valence-corrected chi connectivity index (χ0v) is 11.3. The van der Waals surface area contributed by atoms with Crippen molar-refractivity contribution in [1.29, 1.82) is 0 Å². The van der Waals surface area contributed by atoms with E-state index in [9.17, 15) is 0 Å². The summed E-state index contributed by atoms with van der Waals surface area (Å²) in [5.74, 6) is 0. The molecule has 1 aromatic heterocycles. The average Bonchev–Trinajstić information content (AvgIpc) is 2.82. The minimum Gasteiger partial charge on any atom is -0.376 e. The summed E-state index contributed by atoms with van der Waals surface area (Å²) in [6.45, 7) is 7.01. The molecule has 102 valence electrons. The van der Waals surface area contributed by atoms with Crippen LogP contribution in [0.3, 0.4) is 0 Å². The van der Waals surface area contributed by atoms with Gasteiger partial charge in [-0.25, -0.2) is 0 Å². The summed E-state index contributed by atoms with van der Waals surface area (Å²) >= 11 is 0. The third-order valence-electron chi connectivity index (χ3n) is 3.34. The quantitative estimate of drug-likeness (QED) is 0.841. The van der Waals surface area contributed by atoms with Crippen molar-refractivity contribution in [2.45, 2.75) is 45.4 Å². The first-order valence-corrected chi connectivity index (χ1v) is 6.75. The van der Waals surface area contributed by atoms with E-state index in [1.165, 1.54) is 5.69 Å². The Balaban J connectivity index is 2.00. The lowest BCUT2D eigenvalue weighted by Gasteiger charge is -2.28. The molecule has 2 atom stereocenters. The van der Waals surface area contributed by atoms with E-state index in [1.807, 2.05) is 4.68 Å². The van der Waals surface area contributed by atoms with Crippen LogP contribution in [0.1, 0.15) is 25.2 Å². The molecule has 5 heteroatoms. The van der Waals surface area contributed by atoms with Crippen molar-refractivity contribution >= 4 is 0 Å². The van der Waals surface area contributed by atoms with Crippen molar-refractivity contribution in [3.63, 3.8) is 0 Å². The molecule has 0 amide bonds. The monoisotopic (exact) mass is 253 g/mol. The van der Waals surface area contributed by atoms with Gasteiger partial charge in [-0.2, -0.15) is 5.10 Å². The highest BCUT2D eigenvalue weighted by Crippen LogP contribution is 2.12. The summed E-state index contributed by atoms with van der Waals surface area (Å²) in [5.41, 5.74) is 8.52. The fourth-order valence-corrected chi connectivity index (χ4v) is 2.25. The molecule has 0 bridgehead atoms. The normalized spacial score (nSPS) is 22.1. The van der Waals surface area contributed by atoms with Crippen LogP contribution < -0.4 is 5.73 Å². The van der Waals surface area contributed by atoms with Crippen molar-refractivity contribution in [1.82, 2.24) is 9.78 Å². The van der Waals surface area contributed by atoms with Crippen LogP contribution in [0.5, 0.6) is 0 Å². The van der Waals surface area contributed by atoms with Gasteiger partial charge in [0.15, 0.2) is 0 Å². The van der Waals surface area contributed by atoms with E-state index in [2.05, 4.69) is 25.0 Å². The molecule has 1 saturated heterocycles. The Labute approximate surface area is 108 Å². The minimum atomic E-state index is -0.0305. The van der Waals surface area contributed by atoms with E-state index in [0.29, 0.717) is 19.8 Å². The number of hydrogen-bond donors (Lipinski definition) is 1. The molecule has 2 unspecified atom stereocenters. The molecule has 1 aliphatic rings. The molecule has 2 heterocycles. The molecular formula is C13H23N3O2. The average molecular weight is 253 g/mol. The second-order valence-corrected chi connectivity index (χ2v) is 4.65. The van der Waals surface area contributed by atoms with Crippen molar-refractivity contribution in [2.24, 2.45) is 5.73 Å². The van der Waals surface area contributed by atoms with Crippen molar-refractivity contribution in [2.75, 3.05) is 19.8 Å². The first-order valence-electron chi connectivity index (χ1n) is 6.75. The maximum Gasteiger partial charge on any atom is 0.0963 e. The summed E-state index contributed by atoms with van der Waals surface area (Å²) < 4.78 is 13.1. The highest BCUT2D eigenvalue weighted by molar-refractivity contribution is 5.12. The molecule has 18 heavy (non-hydrogen) atoms. The lowest BCUT2D eigenvalue weighted by atomic mass is 10.1. The first kappa shape index (κ1) is 13.5. The number of rotatable bonds is 5. The van der Waals surface area contributed by atoms with Crippen LogP contribution in [0.25, 0.3) is 0 Å². The molecule has 1 fully saturated rings. The summed E-state index contributed by atoms with van der Waals surface area (Å²) in [7, 11) is 0. The molecule has 0 aromatic carbocycles. The van der Waals surface area contributed by atoms with Crippen molar-refractivity contribution in [3.8, 4) is 0 Å². The van der Waals surface area contributed by atoms with E-state index >= 15 is 0 Å². The molecule has 2 rings (SSSR count). The molecule has 5 nitrogen and oxygen atoms in total. The highest BCUT2D eigenvalue weighted by Gasteiger charge is 2.23. The fraction of sp³-hybridized carbons (Fsp3) is 0.769. The molecule has 0 spiro atoms. The van der Waals surface area contributed by atoms with Crippen LogP contribution in [0.2, 0.25) is 0 Å².